The van der Waals surface area contributed by atoms with Gasteiger partial charge < -0.3 is 14.3 Å². The smallest absolute Gasteiger partial charge is 0.178 e. The number of methoxy groups -OCH3 is 1. The number of nitrogens with zero attached hydrogens (tertiary/aromatic N) is 1. The molecule has 0 amide bonds. The summed E-state index contributed by atoms with van der Waals surface area (Å²) in [6, 6.07) is 6.05. The molecule has 2 heterocycles. The molecule has 18 heavy (non-hydrogen) atoms. The van der Waals surface area contributed by atoms with E-state index in [0.29, 0.717) is 0 Å². The van der Waals surface area contributed by atoms with Gasteiger partial charge in [0.05, 0.1) is 18.1 Å². The summed E-state index contributed by atoms with van der Waals surface area (Å²) in [6.07, 6.45) is 1.29. The third-order valence-corrected chi connectivity index (χ3v) is 5.00. The summed E-state index contributed by atoms with van der Waals surface area (Å²) in [7, 11) is 1.69. The van der Waals surface area contributed by atoms with Crippen LogP contribution in [0.5, 0.6) is 5.75 Å². The Kier molecular flexibility index (Phi) is 3.35. The van der Waals surface area contributed by atoms with E-state index in [0.717, 1.165) is 34.0 Å². The van der Waals surface area contributed by atoms with Crippen LogP contribution in [0.3, 0.4) is 0 Å². The van der Waals surface area contributed by atoms with E-state index in [1.807, 2.05) is 23.9 Å². The number of imidazole rings is 1. The minimum absolute atomic E-state index is 0.743. The summed E-state index contributed by atoms with van der Waals surface area (Å²) in [5.74, 6) is 4.15. The van der Waals surface area contributed by atoms with E-state index in [1.54, 1.807) is 7.11 Å². The second-order valence-electron chi connectivity index (χ2n) is 4.65. The largest absolute Gasteiger partial charge is 0.497 e. The summed E-state index contributed by atoms with van der Waals surface area (Å²) < 4.78 is 8.32. The van der Waals surface area contributed by atoms with Gasteiger partial charge in [0, 0.05) is 12.6 Å². The van der Waals surface area contributed by atoms with Crippen molar-refractivity contribution in [1.29, 1.82) is 0 Å². The molecule has 3 nitrogen and oxygen atoms in total. The number of nitrogens with one attached hydrogen (secondary N) is 1. The van der Waals surface area contributed by atoms with Crippen molar-refractivity contribution in [2.75, 3.05) is 18.6 Å². The first kappa shape index (κ1) is 12.1. The van der Waals surface area contributed by atoms with Gasteiger partial charge in [-0.05, 0) is 48.2 Å². The van der Waals surface area contributed by atoms with E-state index < -0.39 is 0 Å². The highest BCUT2D eigenvalue weighted by Gasteiger charge is 2.17. The summed E-state index contributed by atoms with van der Waals surface area (Å²) in [6.45, 7) is 1.01. The Labute approximate surface area is 116 Å². The lowest BCUT2D eigenvalue weighted by Crippen LogP contribution is -2.09. The van der Waals surface area contributed by atoms with Gasteiger partial charge in [0.1, 0.15) is 5.75 Å². The summed E-state index contributed by atoms with van der Waals surface area (Å²) >= 11 is 7.47. The van der Waals surface area contributed by atoms with Crippen LogP contribution in [0.15, 0.2) is 18.2 Å². The van der Waals surface area contributed by atoms with Gasteiger partial charge in [0.25, 0.3) is 0 Å². The highest BCUT2D eigenvalue weighted by atomic mass is 32.2. The Bertz CT molecular complexity index is 611. The van der Waals surface area contributed by atoms with Gasteiger partial charge in [0.2, 0.25) is 0 Å². The molecule has 3 rings (SSSR count). The number of fused-ring (bicyclic) bond motifs is 1. The van der Waals surface area contributed by atoms with Crippen LogP contribution in [0, 0.1) is 10.7 Å². The molecule has 1 saturated heterocycles. The third-order valence-electron chi connectivity index (χ3n) is 3.45. The second-order valence-corrected chi connectivity index (χ2v) is 6.19. The topological polar surface area (TPSA) is 29.9 Å². The molecule has 1 unspecified atom stereocenters. The number of H-pyrrole nitrogens is 1. The third kappa shape index (κ3) is 2.17. The zero-order valence-corrected chi connectivity index (χ0v) is 11.9. The van der Waals surface area contributed by atoms with E-state index in [2.05, 4.69) is 15.6 Å². The molecule has 96 valence electrons. The number of hydrogen-bond acceptors (Lipinski definition) is 3. The van der Waals surface area contributed by atoms with Crippen molar-refractivity contribution in [3.63, 3.8) is 0 Å². The van der Waals surface area contributed by atoms with Crippen LogP contribution < -0.4 is 4.74 Å². The molecule has 2 aromatic rings. The van der Waals surface area contributed by atoms with E-state index >= 15 is 0 Å². The van der Waals surface area contributed by atoms with Crippen LogP contribution in [-0.4, -0.2) is 28.2 Å². The average Bonchev–Trinajstić information content (AvgIpc) is 2.99. The Hall–Kier alpha value is -0.940. The molecule has 1 aromatic heterocycles. The zero-order chi connectivity index (χ0) is 12.5. The van der Waals surface area contributed by atoms with Gasteiger partial charge >= 0.3 is 0 Å². The predicted molar refractivity (Wildman–Crippen MR) is 79.1 cm³/mol. The summed E-state index contributed by atoms with van der Waals surface area (Å²) in [5.41, 5.74) is 2.24. The highest BCUT2D eigenvalue weighted by Crippen LogP contribution is 2.27. The van der Waals surface area contributed by atoms with Crippen molar-refractivity contribution in [3.8, 4) is 5.75 Å². The second kappa shape index (κ2) is 4.97. The van der Waals surface area contributed by atoms with Crippen molar-refractivity contribution in [2.45, 2.75) is 13.0 Å². The van der Waals surface area contributed by atoms with E-state index in [9.17, 15) is 0 Å². The molecule has 0 spiro atoms. The molecule has 1 fully saturated rings. The average molecular weight is 280 g/mol. The number of thioether (sulfide) groups is 1. The van der Waals surface area contributed by atoms with Gasteiger partial charge in [-0.15, -0.1) is 0 Å². The number of ether oxygens (including phenoxy) is 1. The monoisotopic (exact) mass is 280 g/mol. The first-order valence-electron chi connectivity index (χ1n) is 6.12. The maximum absolute atomic E-state index is 5.43. The van der Waals surface area contributed by atoms with Gasteiger partial charge in [-0.1, -0.05) is 0 Å². The summed E-state index contributed by atoms with van der Waals surface area (Å²) in [4.78, 5) is 3.27. The Morgan fingerprint density at radius 2 is 2.44 bits per heavy atom. The quantitative estimate of drug-likeness (QED) is 0.873. The molecule has 1 aliphatic rings. The molecule has 1 aromatic carbocycles. The molecule has 0 radical (unpaired) electrons. The normalized spacial score (nSPS) is 19.5. The van der Waals surface area contributed by atoms with E-state index in [1.165, 1.54) is 17.9 Å². The molecular weight excluding hydrogens is 264 g/mol. The fourth-order valence-electron chi connectivity index (χ4n) is 2.43. The van der Waals surface area contributed by atoms with Gasteiger partial charge in [-0.25, -0.2) is 0 Å². The van der Waals surface area contributed by atoms with E-state index in [4.69, 9.17) is 17.0 Å². The minimum atomic E-state index is 0.743. The number of aromatic amines is 1. The SMILES string of the molecule is COc1ccc2[nH]c(=S)n(CC3CCSC3)c2c1. The standard InChI is InChI=1S/C13H16N2OS2/c1-16-10-2-3-11-12(6-10)15(13(17)14-11)7-9-4-5-18-8-9/h2-3,6,9H,4-5,7-8H2,1H3,(H,14,17). The first-order chi connectivity index (χ1) is 8.78. The van der Waals surface area contributed by atoms with Crippen LogP contribution in [0.1, 0.15) is 6.42 Å². The van der Waals surface area contributed by atoms with Crippen molar-refractivity contribution < 1.29 is 4.74 Å². The van der Waals surface area contributed by atoms with Crippen LogP contribution in [-0.2, 0) is 6.54 Å². The number of aromatic nitrogens is 2. The lowest BCUT2D eigenvalue weighted by molar-refractivity contribution is 0.415. The Morgan fingerprint density at radius 3 is 3.17 bits per heavy atom. The molecule has 1 atom stereocenters. The number of benzene rings is 1. The van der Waals surface area contributed by atoms with Crippen molar-refractivity contribution >= 4 is 35.0 Å². The van der Waals surface area contributed by atoms with Crippen LogP contribution >= 0.6 is 24.0 Å². The van der Waals surface area contributed by atoms with E-state index in [-0.39, 0.29) is 0 Å². The molecular formula is C13H16N2OS2. The van der Waals surface area contributed by atoms with Gasteiger partial charge in [0.15, 0.2) is 4.77 Å². The highest BCUT2D eigenvalue weighted by molar-refractivity contribution is 7.99. The lowest BCUT2D eigenvalue weighted by Gasteiger charge is -2.10. The van der Waals surface area contributed by atoms with Crippen LogP contribution in [0.2, 0.25) is 0 Å². The maximum Gasteiger partial charge on any atom is 0.178 e. The fraction of sp³-hybridized carbons (Fsp3) is 0.462. The molecule has 0 aliphatic carbocycles. The number of hydrogen-bond donors (Lipinski definition) is 1. The maximum atomic E-state index is 5.43. The van der Waals surface area contributed by atoms with Crippen molar-refractivity contribution in [1.82, 2.24) is 9.55 Å². The zero-order valence-electron chi connectivity index (χ0n) is 10.3. The lowest BCUT2D eigenvalue weighted by atomic mass is 10.1. The molecule has 5 heteroatoms. The van der Waals surface area contributed by atoms with Crippen molar-refractivity contribution in [3.05, 3.63) is 23.0 Å². The Morgan fingerprint density at radius 1 is 1.56 bits per heavy atom. The minimum Gasteiger partial charge on any atom is -0.497 e. The number of rotatable bonds is 3. The molecule has 0 bridgehead atoms. The molecule has 0 saturated carbocycles. The van der Waals surface area contributed by atoms with Crippen LogP contribution in [0.25, 0.3) is 11.0 Å². The van der Waals surface area contributed by atoms with Crippen LogP contribution in [0.4, 0.5) is 0 Å². The predicted octanol–water partition coefficient (Wildman–Crippen LogP) is 3.46. The fourth-order valence-corrected chi connectivity index (χ4v) is 3.98. The van der Waals surface area contributed by atoms with Gasteiger partial charge in [-0.3, -0.25) is 0 Å². The molecule has 1 aliphatic heterocycles. The summed E-state index contributed by atoms with van der Waals surface area (Å²) in [5, 5.41) is 0. The van der Waals surface area contributed by atoms with Gasteiger partial charge in [-0.2, -0.15) is 11.8 Å². The van der Waals surface area contributed by atoms with Crippen molar-refractivity contribution in [2.24, 2.45) is 5.92 Å². The molecule has 1 N–H and O–H groups in total. The first-order valence-corrected chi connectivity index (χ1v) is 7.68. The Balaban J connectivity index is 2.02.